The van der Waals surface area contributed by atoms with Gasteiger partial charge in [0.1, 0.15) is 5.76 Å². The maximum atomic E-state index is 12.5. The summed E-state index contributed by atoms with van der Waals surface area (Å²) in [5, 5.41) is 12.8. The predicted octanol–water partition coefficient (Wildman–Crippen LogP) is 3.81. The van der Waals surface area contributed by atoms with E-state index in [9.17, 15) is 4.79 Å². The van der Waals surface area contributed by atoms with E-state index >= 15 is 0 Å². The Kier molecular flexibility index (Phi) is 6.60. The fourth-order valence-corrected chi connectivity index (χ4v) is 5.04. The topological polar surface area (TPSA) is 82.2 Å². The predicted molar refractivity (Wildman–Crippen MR) is 112 cm³/mol. The molecule has 1 aliphatic carbocycles. The number of rotatable bonds is 7. The second-order valence-corrected chi connectivity index (χ2v) is 9.11. The molecule has 7 nitrogen and oxygen atoms in total. The Morgan fingerprint density at radius 2 is 2.14 bits per heavy atom. The first-order valence-electron chi connectivity index (χ1n) is 10.6. The zero-order chi connectivity index (χ0) is 20.2. The molecular weight excluding hydrogens is 388 g/mol. The molecule has 1 aliphatic heterocycles. The molecule has 3 atom stereocenters. The second-order valence-electron chi connectivity index (χ2n) is 8.17. The fourth-order valence-electron chi connectivity index (χ4n) is 4.28. The van der Waals surface area contributed by atoms with E-state index in [1.807, 2.05) is 13.0 Å². The highest BCUT2D eigenvalue weighted by Gasteiger charge is 2.25. The molecule has 1 saturated heterocycles. The molecule has 2 aromatic rings. The number of ether oxygens (including phenoxy) is 1. The number of amides is 1. The fraction of sp³-hybridized carbons (Fsp3) is 0.667. The molecule has 4 rings (SSSR count). The van der Waals surface area contributed by atoms with Gasteiger partial charge in [0.25, 0.3) is 0 Å². The molecule has 2 aromatic heterocycles. The van der Waals surface area contributed by atoms with Crippen molar-refractivity contribution in [2.75, 3.05) is 12.4 Å². The molecule has 1 saturated carbocycles. The Morgan fingerprint density at radius 1 is 1.28 bits per heavy atom. The van der Waals surface area contributed by atoms with E-state index in [-0.39, 0.29) is 12.0 Å². The van der Waals surface area contributed by atoms with Crippen LogP contribution in [0.15, 0.2) is 21.9 Å². The Morgan fingerprint density at radius 3 is 2.86 bits per heavy atom. The number of aryl methyl sites for hydroxylation is 1. The lowest BCUT2D eigenvalue weighted by Crippen LogP contribution is -2.41. The monoisotopic (exact) mass is 418 g/mol. The molecule has 3 heterocycles. The molecule has 0 spiro atoms. The van der Waals surface area contributed by atoms with Crippen molar-refractivity contribution in [1.29, 1.82) is 0 Å². The van der Waals surface area contributed by atoms with Crippen molar-refractivity contribution in [2.24, 2.45) is 5.92 Å². The van der Waals surface area contributed by atoms with Crippen molar-refractivity contribution >= 4 is 17.7 Å². The minimum atomic E-state index is 0.0708. The van der Waals surface area contributed by atoms with E-state index in [4.69, 9.17) is 9.15 Å². The second kappa shape index (κ2) is 9.34. The summed E-state index contributed by atoms with van der Waals surface area (Å²) < 4.78 is 13.4. The Labute approximate surface area is 176 Å². The van der Waals surface area contributed by atoms with E-state index < -0.39 is 0 Å². The molecule has 2 fully saturated rings. The largest absolute Gasteiger partial charge is 0.469 e. The van der Waals surface area contributed by atoms with Gasteiger partial charge in [0.05, 0.1) is 30.2 Å². The smallest absolute Gasteiger partial charge is 0.230 e. The van der Waals surface area contributed by atoms with Crippen LogP contribution < -0.4 is 5.32 Å². The lowest BCUT2D eigenvalue weighted by molar-refractivity contribution is -0.119. The normalized spacial score (nSPS) is 24.7. The minimum Gasteiger partial charge on any atom is -0.469 e. The zero-order valence-electron chi connectivity index (χ0n) is 17.2. The van der Waals surface area contributed by atoms with Crippen LogP contribution in [0.2, 0.25) is 0 Å². The lowest BCUT2D eigenvalue weighted by atomic mass is 9.86. The highest BCUT2D eigenvalue weighted by atomic mass is 32.2. The van der Waals surface area contributed by atoms with Crippen LogP contribution in [0.1, 0.15) is 51.2 Å². The lowest BCUT2D eigenvalue weighted by Gasteiger charge is -2.29. The first-order chi connectivity index (χ1) is 14.1. The summed E-state index contributed by atoms with van der Waals surface area (Å²) in [5.41, 5.74) is 0.933. The molecule has 0 bridgehead atoms. The van der Waals surface area contributed by atoms with E-state index in [2.05, 4.69) is 27.0 Å². The third-order valence-electron chi connectivity index (χ3n) is 6.02. The average molecular weight is 419 g/mol. The van der Waals surface area contributed by atoms with Crippen LogP contribution in [-0.2, 0) is 16.1 Å². The van der Waals surface area contributed by atoms with Gasteiger partial charge in [0.15, 0.2) is 11.0 Å². The summed E-state index contributed by atoms with van der Waals surface area (Å²) in [6.07, 6.45) is 8.69. The highest BCUT2D eigenvalue weighted by Crippen LogP contribution is 2.29. The molecule has 2 aliphatic rings. The standard InChI is InChI=1S/C21H30N4O3S/c1-14-6-3-4-8-18(14)22-19(26)13-29-21-24-23-20(17-9-11-27-15(17)2)25(21)12-16-7-5-10-28-16/h9,11,14,16,18H,3-8,10,12-13H2,1-2H3,(H,22,26)/t14-,16-,18+/m0/s1. The number of nitrogens with one attached hydrogen (secondary N) is 1. The molecule has 29 heavy (non-hydrogen) atoms. The number of furan rings is 1. The number of nitrogens with zero attached hydrogens (tertiary/aromatic N) is 3. The number of hydrogen-bond donors (Lipinski definition) is 1. The van der Waals surface area contributed by atoms with Gasteiger partial charge in [0.2, 0.25) is 5.91 Å². The van der Waals surface area contributed by atoms with Crippen LogP contribution in [-0.4, -0.2) is 45.2 Å². The van der Waals surface area contributed by atoms with E-state index in [1.54, 1.807) is 6.26 Å². The SMILES string of the molecule is Cc1occc1-c1nnc(SCC(=O)N[C@@H]2CCCC[C@@H]2C)n1C[C@@H]1CCCO1. The third kappa shape index (κ3) is 4.86. The first kappa shape index (κ1) is 20.5. The Hall–Kier alpha value is -1.80. The van der Waals surface area contributed by atoms with Crippen molar-refractivity contribution in [2.45, 2.75) is 76.2 Å². The molecule has 8 heteroatoms. The Bertz CT molecular complexity index is 828. The highest BCUT2D eigenvalue weighted by molar-refractivity contribution is 7.99. The summed E-state index contributed by atoms with van der Waals surface area (Å²) in [6, 6.07) is 2.21. The van der Waals surface area contributed by atoms with Gasteiger partial charge in [-0.25, -0.2) is 0 Å². The number of carbonyl (C=O) groups excluding carboxylic acids is 1. The third-order valence-corrected chi connectivity index (χ3v) is 6.98. The maximum Gasteiger partial charge on any atom is 0.230 e. The van der Waals surface area contributed by atoms with Gasteiger partial charge in [-0.1, -0.05) is 31.5 Å². The van der Waals surface area contributed by atoms with Crippen LogP contribution in [0.3, 0.4) is 0 Å². The van der Waals surface area contributed by atoms with Crippen LogP contribution in [0.4, 0.5) is 0 Å². The summed E-state index contributed by atoms with van der Waals surface area (Å²) >= 11 is 1.44. The Balaban J connectivity index is 1.45. The van der Waals surface area contributed by atoms with Gasteiger partial charge in [0, 0.05) is 12.6 Å². The van der Waals surface area contributed by atoms with E-state index in [0.717, 1.165) is 48.2 Å². The molecule has 0 radical (unpaired) electrons. The molecule has 0 unspecified atom stereocenters. The first-order valence-corrected chi connectivity index (χ1v) is 11.6. The van der Waals surface area contributed by atoms with Crippen molar-refractivity contribution in [1.82, 2.24) is 20.1 Å². The van der Waals surface area contributed by atoms with Crippen LogP contribution >= 0.6 is 11.8 Å². The molecular formula is C21H30N4O3S. The zero-order valence-corrected chi connectivity index (χ0v) is 18.0. The van der Waals surface area contributed by atoms with Gasteiger partial charge in [-0.05, 0) is 44.6 Å². The van der Waals surface area contributed by atoms with Crippen LogP contribution in [0.25, 0.3) is 11.4 Å². The van der Waals surface area contributed by atoms with Crippen molar-refractivity contribution in [3.05, 3.63) is 18.1 Å². The number of thioether (sulfide) groups is 1. The molecule has 158 valence electrons. The van der Waals surface area contributed by atoms with E-state index in [0.29, 0.717) is 24.3 Å². The maximum absolute atomic E-state index is 12.5. The minimum absolute atomic E-state index is 0.0708. The van der Waals surface area contributed by atoms with Gasteiger partial charge in [-0.2, -0.15) is 0 Å². The number of carbonyl (C=O) groups is 1. The average Bonchev–Trinajstić information content (AvgIpc) is 3.44. The molecule has 1 amide bonds. The summed E-state index contributed by atoms with van der Waals surface area (Å²) in [6.45, 7) is 5.65. The quantitative estimate of drug-likeness (QED) is 0.689. The van der Waals surface area contributed by atoms with Gasteiger partial charge >= 0.3 is 0 Å². The number of hydrogen-bond acceptors (Lipinski definition) is 6. The summed E-state index contributed by atoms with van der Waals surface area (Å²) in [4.78, 5) is 12.5. The van der Waals surface area contributed by atoms with Crippen LogP contribution in [0.5, 0.6) is 0 Å². The number of aromatic nitrogens is 3. The van der Waals surface area contributed by atoms with Gasteiger partial charge in [-0.3, -0.25) is 9.36 Å². The van der Waals surface area contributed by atoms with Crippen LogP contribution in [0, 0.1) is 12.8 Å². The van der Waals surface area contributed by atoms with E-state index in [1.165, 1.54) is 31.0 Å². The van der Waals surface area contributed by atoms with Crippen molar-refractivity contribution in [3.8, 4) is 11.4 Å². The van der Waals surface area contributed by atoms with Gasteiger partial charge < -0.3 is 14.5 Å². The molecule has 1 N–H and O–H groups in total. The molecule has 0 aromatic carbocycles. The van der Waals surface area contributed by atoms with Crippen molar-refractivity contribution in [3.63, 3.8) is 0 Å². The summed E-state index contributed by atoms with van der Waals surface area (Å²) in [7, 11) is 0. The van der Waals surface area contributed by atoms with Gasteiger partial charge in [-0.15, -0.1) is 10.2 Å². The summed E-state index contributed by atoms with van der Waals surface area (Å²) in [5.74, 6) is 2.55. The van der Waals surface area contributed by atoms with Crippen molar-refractivity contribution < 1.29 is 13.9 Å².